The van der Waals surface area contributed by atoms with Crippen molar-refractivity contribution in [2.75, 3.05) is 6.54 Å². The van der Waals surface area contributed by atoms with Crippen molar-refractivity contribution in [3.05, 3.63) is 53.1 Å². The molecule has 2 aromatic carbocycles. The minimum absolute atomic E-state index is 0.447. The van der Waals surface area contributed by atoms with E-state index < -0.39 is 6.09 Å². The van der Waals surface area contributed by atoms with Crippen molar-refractivity contribution in [3.63, 3.8) is 0 Å². The monoisotopic (exact) mass is 354 g/mol. The Bertz CT molecular complexity index is 774. The zero-order valence-corrected chi connectivity index (χ0v) is 15.2. The van der Waals surface area contributed by atoms with E-state index in [1.165, 1.54) is 30.4 Å². The number of amides is 1. The van der Waals surface area contributed by atoms with Crippen molar-refractivity contribution in [1.82, 2.24) is 5.32 Å². The highest BCUT2D eigenvalue weighted by Gasteiger charge is 2.16. The number of ether oxygens (including phenoxy) is 2. The van der Waals surface area contributed by atoms with Crippen LogP contribution in [0.25, 0.3) is 0 Å². The summed E-state index contributed by atoms with van der Waals surface area (Å²) in [5, 5.41) is 3.50. The first-order valence-electron chi connectivity index (χ1n) is 9.26. The molecule has 1 aliphatic rings. The second-order valence-corrected chi connectivity index (χ2v) is 6.62. The van der Waals surface area contributed by atoms with Gasteiger partial charge in [-0.2, -0.15) is 0 Å². The van der Waals surface area contributed by atoms with Crippen LogP contribution in [0.5, 0.6) is 17.2 Å². The van der Waals surface area contributed by atoms with E-state index >= 15 is 0 Å². The van der Waals surface area contributed by atoms with E-state index in [2.05, 4.69) is 24.4 Å². The molecular weight excluding hydrogens is 328 g/mol. The quantitative estimate of drug-likeness (QED) is 0.727. The van der Waals surface area contributed by atoms with E-state index in [1.54, 1.807) is 6.07 Å². The lowest BCUT2D eigenvalue weighted by molar-refractivity contribution is 0.211. The molecular formula is C21H26N2O3. The topological polar surface area (TPSA) is 73.6 Å². The van der Waals surface area contributed by atoms with Crippen LogP contribution in [-0.4, -0.2) is 12.6 Å². The van der Waals surface area contributed by atoms with Gasteiger partial charge in [-0.3, -0.25) is 0 Å². The van der Waals surface area contributed by atoms with Crippen molar-refractivity contribution < 1.29 is 14.3 Å². The summed E-state index contributed by atoms with van der Waals surface area (Å²) in [6.07, 6.45) is 4.63. The molecule has 0 spiro atoms. The standard InChI is InChI=1S/C21H26N2O3/c1-2-3-4-11-23-14-15-5-9-19-16(12-15)6-7-17-13-18(25-21(22)24)8-10-20(17)26-19/h5,8-10,12-13,23H,2-4,6-7,11,14H2,1H3,(H2,22,24). The van der Waals surface area contributed by atoms with Crippen LogP contribution < -0.4 is 20.5 Å². The molecule has 2 aromatic rings. The van der Waals surface area contributed by atoms with Crippen LogP contribution in [-0.2, 0) is 19.4 Å². The van der Waals surface area contributed by atoms with Gasteiger partial charge in [0.15, 0.2) is 0 Å². The molecule has 5 heteroatoms. The third-order valence-corrected chi connectivity index (χ3v) is 4.55. The first kappa shape index (κ1) is 18.3. The lowest BCUT2D eigenvalue weighted by Crippen LogP contribution is -2.16. The Morgan fingerprint density at radius 1 is 1.12 bits per heavy atom. The normalized spacial score (nSPS) is 12.5. The second-order valence-electron chi connectivity index (χ2n) is 6.62. The SMILES string of the molecule is CCCCCNCc1ccc2c(c1)CCc1cc(OC(N)=O)ccc1O2. The molecule has 0 unspecified atom stereocenters. The van der Waals surface area contributed by atoms with Crippen LogP contribution in [0.15, 0.2) is 36.4 Å². The molecule has 3 N–H and O–H groups in total. The zero-order valence-electron chi connectivity index (χ0n) is 15.2. The first-order chi connectivity index (χ1) is 12.7. The molecule has 5 nitrogen and oxygen atoms in total. The Balaban J connectivity index is 1.67. The predicted octanol–water partition coefficient (Wildman–Crippen LogP) is 4.31. The average Bonchev–Trinajstić information content (AvgIpc) is 2.80. The zero-order chi connectivity index (χ0) is 18.4. The largest absolute Gasteiger partial charge is 0.457 e. The molecule has 0 fully saturated rings. The Hall–Kier alpha value is -2.53. The van der Waals surface area contributed by atoms with Crippen LogP contribution in [0.3, 0.4) is 0 Å². The highest BCUT2D eigenvalue weighted by atomic mass is 16.5. The van der Waals surface area contributed by atoms with Gasteiger partial charge in [0.05, 0.1) is 0 Å². The van der Waals surface area contributed by atoms with Gasteiger partial charge in [-0.15, -0.1) is 0 Å². The first-order valence-corrected chi connectivity index (χ1v) is 9.26. The summed E-state index contributed by atoms with van der Waals surface area (Å²) in [7, 11) is 0. The Morgan fingerprint density at radius 3 is 2.58 bits per heavy atom. The number of nitrogens with one attached hydrogen (secondary N) is 1. The van der Waals surface area contributed by atoms with Crippen LogP contribution in [0.1, 0.15) is 42.9 Å². The van der Waals surface area contributed by atoms with Gasteiger partial charge in [0, 0.05) is 6.54 Å². The molecule has 1 amide bonds. The summed E-state index contributed by atoms with van der Waals surface area (Å²) in [5.41, 5.74) is 8.57. The molecule has 0 atom stereocenters. The number of hydrogen-bond donors (Lipinski definition) is 2. The van der Waals surface area contributed by atoms with Crippen LogP contribution in [0, 0.1) is 0 Å². The van der Waals surface area contributed by atoms with E-state index in [0.717, 1.165) is 43.0 Å². The van der Waals surface area contributed by atoms with Gasteiger partial charge >= 0.3 is 6.09 Å². The number of rotatable bonds is 7. The number of primary amides is 1. The fraction of sp³-hybridized carbons (Fsp3) is 0.381. The Kier molecular flexibility index (Phi) is 6.12. The van der Waals surface area contributed by atoms with Crippen LogP contribution in [0.2, 0.25) is 0 Å². The molecule has 0 saturated heterocycles. The van der Waals surface area contributed by atoms with Gasteiger partial charge in [0.2, 0.25) is 0 Å². The molecule has 0 aliphatic carbocycles. The van der Waals surface area contributed by atoms with Gasteiger partial charge in [-0.25, -0.2) is 4.79 Å². The summed E-state index contributed by atoms with van der Waals surface area (Å²) in [6, 6.07) is 11.7. The van der Waals surface area contributed by atoms with Crippen molar-refractivity contribution >= 4 is 6.09 Å². The molecule has 0 radical (unpaired) electrons. The van der Waals surface area contributed by atoms with E-state index in [9.17, 15) is 4.79 Å². The van der Waals surface area contributed by atoms with Crippen molar-refractivity contribution in [3.8, 4) is 17.2 Å². The number of unbranched alkanes of at least 4 members (excludes halogenated alkanes) is 2. The predicted molar refractivity (Wildman–Crippen MR) is 102 cm³/mol. The van der Waals surface area contributed by atoms with E-state index in [0.29, 0.717) is 5.75 Å². The van der Waals surface area contributed by atoms with Gasteiger partial charge in [0.1, 0.15) is 17.2 Å². The summed E-state index contributed by atoms with van der Waals surface area (Å²) < 4.78 is 11.0. The number of hydrogen-bond acceptors (Lipinski definition) is 4. The molecule has 138 valence electrons. The maximum Gasteiger partial charge on any atom is 0.409 e. The minimum Gasteiger partial charge on any atom is -0.457 e. The average molecular weight is 354 g/mol. The fourth-order valence-corrected chi connectivity index (χ4v) is 3.19. The van der Waals surface area contributed by atoms with Gasteiger partial charge in [-0.1, -0.05) is 31.9 Å². The van der Waals surface area contributed by atoms with Crippen LogP contribution >= 0.6 is 0 Å². The van der Waals surface area contributed by atoms with Gasteiger partial charge < -0.3 is 20.5 Å². The maximum atomic E-state index is 10.9. The number of aryl methyl sites for hydroxylation is 2. The summed E-state index contributed by atoms with van der Waals surface area (Å²) in [4.78, 5) is 10.9. The van der Waals surface area contributed by atoms with Crippen molar-refractivity contribution in [1.29, 1.82) is 0 Å². The summed E-state index contributed by atoms with van der Waals surface area (Å²) >= 11 is 0. The molecule has 1 aliphatic heterocycles. The highest BCUT2D eigenvalue weighted by molar-refractivity contribution is 5.68. The Morgan fingerprint density at radius 2 is 1.85 bits per heavy atom. The fourth-order valence-electron chi connectivity index (χ4n) is 3.19. The molecule has 0 bridgehead atoms. The van der Waals surface area contributed by atoms with Crippen LogP contribution in [0.4, 0.5) is 4.79 Å². The molecule has 26 heavy (non-hydrogen) atoms. The second kappa shape index (κ2) is 8.72. The van der Waals surface area contributed by atoms with Crippen molar-refractivity contribution in [2.45, 2.75) is 45.6 Å². The molecule has 1 heterocycles. The number of fused-ring (bicyclic) bond motifs is 2. The number of carbonyl (C=O) groups is 1. The Labute approximate surface area is 154 Å². The smallest absolute Gasteiger partial charge is 0.409 e. The maximum absolute atomic E-state index is 10.9. The molecule has 0 saturated carbocycles. The number of nitrogens with two attached hydrogens (primary N) is 1. The highest BCUT2D eigenvalue weighted by Crippen LogP contribution is 2.35. The van der Waals surface area contributed by atoms with E-state index in [-0.39, 0.29) is 0 Å². The lowest BCUT2D eigenvalue weighted by atomic mass is 10.0. The third-order valence-electron chi connectivity index (χ3n) is 4.55. The summed E-state index contributed by atoms with van der Waals surface area (Å²) in [6.45, 7) is 4.14. The number of benzene rings is 2. The number of carbonyl (C=O) groups excluding carboxylic acids is 1. The van der Waals surface area contributed by atoms with Gasteiger partial charge in [0.25, 0.3) is 0 Å². The van der Waals surface area contributed by atoms with Crippen molar-refractivity contribution in [2.24, 2.45) is 5.73 Å². The molecule has 3 rings (SSSR count). The minimum atomic E-state index is -0.807. The van der Waals surface area contributed by atoms with Gasteiger partial charge in [-0.05, 0) is 66.8 Å². The van der Waals surface area contributed by atoms with E-state index in [4.69, 9.17) is 15.2 Å². The molecule has 0 aromatic heterocycles. The third kappa shape index (κ3) is 4.76. The lowest BCUT2D eigenvalue weighted by Gasteiger charge is -2.11. The van der Waals surface area contributed by atoms with E-state index in [1.807, 2.05) is 18.2 Å². The summed E-state index contributed by atoms with van der Waals surface area (Å²) in [5.74, 6) is 2.14.